The molecule has 1 aromatic carbocycles. The Morgan fingerprint density at radius 3 is 2.80 bits per heavy atom. The minimum atomic E-state index is -0.323. The second kappa shape index (κ2) is 6.59. The largest absolute Gasteiger partial charge is 0.360 e. The van der Waals surface area contributed by atoms with Crippen LogP contribution in [0.15, 0.2) is 28.8 Å². The summed E-state index contributed by atoms with van der Waals surface area (Å²) < 4.78 is 18.3. The summed E-state index contributed by atoms with van der Waals surface area (Å²) in [6, 6.07) is 6.70. The van der Waals surface area contributed by atoms with E-state index in [0.717, 1.165) is 25.6 Å². The molecule has 1 saturated heterocycles. The highest BCUT2D eigenvalue weighted by atomic mass is 19.1. The van der Waals surface area contributed by atoms with E-state index in [4.69, 9.17) is 4.52 Å². The van der Waals surface area contributed by atoms with E-state index in [1.54, 1.807) is 19.1 Å². The van der Waals surface area contributed by atoms with Crippen LogP contribution in [0.2, 0.25) is 0 Å². The first-order valence-corrected chi connectivity index (χ1v) is 8.86. The van der Waals surface area contributed by atoms with Crippen molar-refractivity contribution >= 4 is 5.91 Å². The first-order chi connectivity index (χ1) is 12.1. The molecule has 6 heteroatoms. The summed E-state index contributed by atoms with van der Waals surface area (Å²) in [5.74, 6) is 0.473. The molecular weight excluding hydrogens is 321 g/mol. The Morgan fingerprint density at radius 2 is 2.08 bits per heavy atom. The van der Waals surface area contributed by atoms with Gasteiger partial charge in [-0.1, -0.05) is 5.16 Å². The summed E-state index contributed by atoms with van der Waals surface area (Å²) in [4.78, 5) is 15.2. The maximum Gasteiger partial charge on any atom is 0.257 e. The number of carbonyl (C=O) groups excluding carboxylic acids is 1. The van der Waals surface area contributed by atoms with Gasteiger partial charge in [0.2, 0.25) is 0 Å². The standard InChI is InChI=1S/C19H22FN3O2/c1-12-17(18(22-25-12)14-2-4-15(20)5-3-14)19(24)21-10-13-8-9-23(11-13)16-6-7-16/h2-5,13,16H,6-11H2,1H3,(H,21,24). The maximum absolute atomic E-state index is 13.1. The van der Waals surface area contributed by atoms with Crippen LogP contribution in [-0.2, 0) is 0 Å². The molecule has 4 rings (SSSR count). The van der Waals surface area contributed by atoms with E-state index in [0.29, 0.717) is 35.0 Å². The predicted octanol–water partition coefficient (Wildman–Crippen LogP) is 3.00. The van der Waals surface area contributed by atoms with E-state index in [1.165, 1.54) is 25.0 Å². The first-order valence-electron chi connectivity index (χ1n) is 8.86. The number of amides is 1. The third-order valence-corrected chi connectivity index (χ3v) is 5.14. The van der Waals surface area contributed by atoms with Gasteiger partial charge in [0.05, 0.1) is 0 Å². The number of hydrogen-bond donors (Lipinski definition) is 1. The van der Waals surface area contributed by atoms with Gasteiger partial charge in [-0.2, -0.15) is 0 Å². The molecule has 2 heterocycles. The molecule has 2 aliphatic rings. The molecule has 1 aromatic heterocycles. The first kappa shape index (κ1) is 16.3. The summed E-state index contributed by atoms with van der Waals surface area (Å²) in [6.45, 7) is 4.59. The number of rotatable bonds is 5. The van der Waals surface area contributed by atoms with Gasteiger partial charge in [-0.15, -0.1) is 0 Å². The molecule has 2 fully saturated rings. The van der Waals surface area contributed by atoms with Crippen LogP contribution >= 0.6 is 0 Å². The van der Waals surface area contributed by atoms with Crippen molar-refractivity contribution in [2.24, 2.45) is 5.92 Å². The molecule has 5 nitrogen and oxygen atoms in total. The topological polar surface area (TPSA) is 58.4 Å². The maximum atomic E-state index is 13.1. The number of benzene rings is 1. The van der Waals surface area contributed by atoms with Gasteiger partial charge in [0.15, 0.2) is 0 Å². The van der Waals surface area contributed by atoms with E-state index < -0.39 is 0 Å². The number of carbonyl (C=O) groups is 1. The summed E-state index contributed by atoms with van der Waals surface area (Å²) in [5, 5.41) is 7.02. The summed E-state index contributed by atoms with van der Waals surface area (Å²) >= 11 is 0. The third-order valence-electron chi connectivity index (χ3n) is 5.14. The number of likely N-dealkylation sites (tertiary alicyclic amines) is 1. The van der Waals surface area contributed by atoms with E-state index in [9.17, 15) is 9.18 Å². The summed E-state index contributed by atoms with van der Waals surface area (Å²) in [5.41, 5.74) is 1.56. The second-order valence-electron chi connectivity index (χ2n) is 7.06. The van der Waals surface area contributed by atoms with Crippen LogP contribution in [0.25, 0.3) is 11.3 Å². The molecule has 1 N–H and O–H groups in total. The zero-order valence-corrected chi connectivity index (χ0v) is 14.3. The van der Waals surface area contributed by atoms with Crippen LogP contribution in [0.4, 0.5) is 4.39 Å². The molecule has 1 atom stereocenters. The van der Waals surface area contributed by atoms with Crippen LogP contribution < -0.4 is 5.32 Å². The van der Waals surface area contributed by atoms with Gasteiger partial charge in [0.1, 0.15) is 22.8 Å². The molecule has 1 aliphatic heterocycles. The van der Waals surface area contributed by atoms with Crippen molar-refractivity contribution in [3.8, 4) is 11.3 Å². The normalized spacial score (nSPS) is 20.8. The third kappa shape index (κ3) is 3.44. The summed E-state index contributed by atoms with van der Waals surface area (Å²) in [6.07, 6.45) is 3.77. The fourth-order valence-electron chi connectivity index (χ4n) is 3.57. The molecule has 132 valence electrons. The molecule has 0 spiro atoms. The second-order valence-corrected chi connectivity index (χ2v) is 7.06. The SMILES string of the molecule is Cc1onc(-c2ccc(F)cc2)c1C(=O)NCC1CCN(C2CC2)C1. The van der Waals surface area contributed by atoms with E-state index in [1.807, 2.05) is 0 Å². The molecule has 1 amide bonds. The number of nitrogens with one attached hydrogen (secondary N) is 1. The van der Waals surface area contributed by atoms with Crippen LogP contribution in [0.1, 0.15) is 35.4 Å². The molecule has 0 radical (unpaired) electrons. The molecule has 1 aliphatic carbocycles. The van der Waals surface area contributed by atoms with E-state index in [-0.39, 0.29) is 11.7 Å². The lowest BCUT2D eigenvalue weighted by atomic mass is 10.0. The number of halogens is 1. The van der Waals surface area contributed by atoms with Gasteiger partial charge < -0.3 is 14.7 Å². The molecule has 25 heavy (non-hydrogen) atoms. The van der Waals surface area contributed by atoms with Crippen molar-refractivity contribution in [2.45, 2.75) is 32.2 Å². The number of hydrogen-bond acceptors (Lipinski definition) is 4. The van der Waals surface area contributed by atoms with Gasteiger partial charge in [0, 0.05) is 24.7 Å². The number of aromatic nitrogens is 1. The van der Waals surface area contributed by atoms with Gasteiger partial charge in [-0.25, -0.2) is 4.39 Å². The quantitative estimate of drug-likeness (QED) is 0.907. The van der Waals surface area contributed by atoms with Gasteiger partial charge in [-0.05, 0) is 62.9 Å². The Balaban J connectivity index is 1.43. The molecule has 1 saturated carbocycles. The lowest BCUT2D eigenvalue weighted by Gasteiger charge is -2.15. The Labute approximate surface area is 146 Å². The van der Waals surface area contributed by atoms with Gasteiger partial charge in [0.25, 0.3) is 5.91 Å². The lowest BCUT2D eigenvalue weighted by Crippen LogP contribution is -2.31. The Hall–Kier alpha value is -2.21. The average molecular weight is 343 g/mol. The Bertz CT molecular complexity index is 767. The zero-order chi connectivity index (χ0) is 17.4. The van der Waals surface area contributed by atoms with Crippen LogP contribution in [-0.4, -0.2) is 41.6 Å². The predicted molar refractivity (Wildman–Crippen MR) is 91.7 cm³/mol. The fraction of sp³-hybridized carbons (Fsp3) is 0.474. The van der Waals surface area contributed by atoms with Crippen molar-refractivity contribution < 1.29 is 13.7 Å². The average Bonchev–Trinajstić information content (AvgIpc) is 3.23. The van der Waals surface area contributed by atoms with Crippen molar-refractivity contribution in [2.75, 3.05) is 19.6 Å². The monoisotopic (exact) mass is 343 g/mol. The van der Waals surface area contributed by atoms with Crippen molar-refractivity contribution in [1.29, 1.82) is 0 Å². The highest BCUT2D eigenvalue weighted by Gasteiger charge is 2.34. The summed E-state index contributed by atoms with van der Waals surface area (Å²) in [7, 11) is 0. The lowest BCUT2D eigenvalue weighted by molar-refractivity contribution is 0.0946. The zero-order valence-electron chi connectivity index (χ0n) is 14.3. The molecule has 1 unspecified atom stereocenters. The number of nitrogens with zero attached hydrogens (tertiary/aromatic N) is 2. The Kier molecular flexibility index (Phi) is 4.29. The van der Waals surface area contributed by atoms with E-state index in [2.05, 4.69) is 15.4 Å². The molecule has 0 bridgehead atoms. The van der Waals surface area contributed by atoms with Gasteiger partial charge in [-0.3, -0.25) is 4.79 Å². The highest BCUT2D eigenvalue weighted by molar-refractivity contribution is 6.00. The Morgan fingerprint density at radius 1 is 1.32 bits per heavy atom. The molecule has 2 aromatic rings. The van der Waals surface area contributed by atoms with E-state index >= 15 is 0 Å². The smallest absolute Gasteiger partial charge is 0.257 e. The van der Waals surface area contributed by atoms with Gasteiger partial charge >= 0.3 is 0 Å². The fourth-order valence-corrected chi connectivity index (χ4v) is 3.57. The van der Waals surface area contributed by atoms with Crippen molar-refractivity contribution in [3.05, 3.63) is 41.4 Å². The minimum Gasteiger partial charge on any atom is -0.360 e. The number of aryl methyl sites for hydroxylation is 1. The van der Waals surface area contributed by atoms with Crippen LogP contribution in [0.5, 0.6) is 0 Å². The minimum absolute atomic E-state index is 0.178. The van der Waals surface area contributed by atoms with Crippen molar-refractivity contribution in [3.63, 3.8) is 0 Å². The van der Waals surface area contributed by atoms with Crippen LogP contribution in [0.3, 0.4) is 0 Å². The highest BCUT2D eigenvalue weighted by Crippen LogP contribution is 2.31. The van der Waals surface area contributed by atoms with Crippen molar-refractivity contribution in [1.82, 2.24) is 15.4 Å². The van der Waals surface area contributed by atoms with Crippen LogP contribution in [0, 0.1) is 18.7 Å². The molecular formula is C19H22FN3O2.